The fourth-order valence-electron chi connectivity index (χ4n) is 11.6. The number of hydrogen-bond donors (Lipinski definition) is 3. The molecule has 0 fully saturated rings. The van der Waals surface area contributed by atoms with E-state index in [1.807, 2.05) is 0 Å². The first-order chi connectivity index (χ1) is 46.7. The van der Waals surface area contributed by atoms with Crippen molar-refractivity contribution < 1.29 is 80.2 Å². The Morgan fingerprint density at radius 2 is 0.479 bits per heavy atom. The predicted molar refractivity (Wildman–Crippen MR) is 391 cm³/mol. The van der Waals surface area contributed by atoms with Gasteiger partial charge in [-0.05, 0) is 51.4 Å². The van der Waals surface area contributed by atoms with Crippen LogP contribution in [0.3, 0.4) is 0 Å². The molecule has 0 aromatic heterocycles. The summed E-state index contributed by atoms with van der Waals surface area (Å²) in [5, 5.41) is 10.6. The summed E-state index contributed by atoms with van der Waals surface area (Å²) < 4.78 is 68.6. The molecular weight excluding hydrogens is 1260 g/mol. The smallest absolute Gasteiger partial charge is 0.462 e. The van der Waals surface area contributed by atoms with Crippen LogP contribution in [-0.2, 0) is 65.4 Å². The van der Waals surface area contributed by atoms with Crippen LogP contribution in [0.2, 0.25) is 0 Å². The van der Waals surface area contributed by atoms with Gasteiger partial charge in [-0.2, -0.15) is 0 Å². The first-order valence-corrected chi connectivity index (χ1v) is 42.9. The number of phosphoric acid groups is 2. The minimum Gasteiger partial charge on any atom is -0.462 e. The number of ether oxygens (including phenoxy) is 4. The third-order valence-corrected chi connectivity index (χ3v) is 19.7. The van der Waals surface area contributed by atoms with E-state index < -0.39 is 97.5 Å². The molecule has 2 unspecified atom stereocenters. The maximum atomic E-state index is 13.1. The van der Waals surface area contributed by atoms with Crippen LogP contribution in [0.25, 0.3) is 0 Å². The zero-order valence-electron chi connectivity index (χ0n) is 62.1. The van der Waals surface area contributed by atoms with Crippen molar-refractivity contribution >= 4 is 39.5 Å². The molecule has 0 heterocycles. The highest BCUT2D eigenvalue weighted by Crippen LogP contribution is 2.45. The molecule has 17 nitrogen and oxygen atoms in total. The Hall–Kier alpha value is -2.20. The van der Waals surface area contributed by atoms with Crippen molar-refractivity contribution in [1.82, 2.24) is 0 Å². The topological polar surface area (TPSA) is 237 Å². The molecule has 0 aliphatic rings. The summed E-state index contributed by atoms with van der Waals surface area (Å²) in [6.07, 6.45) is 63.3. The second kappa shape index (κ2) is 71.2. The van der Waals surface area contributed by atoms with E-state index in [0.29, 0.717) is 25.7 Å². The number of rotatable bonds is 77. The van der Waals surface area contributed by atoms with E-state index in [4.69, 9.17) is 37.0 Å². The van der Waals surface area contributed by atoms with Gasteiger partial charge < -0.3 is 33.8 Å². The lowest BCUT2D eigenvalue weighted by atomic mass is 10.0. The fraction of sp³-hybridized carbons (Fsp3) is 0.922. The summed E-state index contributed by atoms with van der Waals surface area (Å²) in [6.45, 7) is 4.98. The number of carbonyl (C=O) groups excluding carboxylic acids is 4. The third kappa shape index (κ3) is 70.2. The van der Waals surface area contributed by atoms with Crippen molar-refractivity contribution in [3.8, 4) is 0 Å². The number of phosphoric ester groups is 2. The molecular formula is C77H148O17P2. The maximum absolute atomic E-state index is 13.1. The van der Waals surface area contributed by atoms with Gasteiger partial charge in [-0.3, -0.25) is 37.3 Å². The van der Waals surface area contributed by atoms with Gasteiger partial charge in [0, 0.05) is 25.7 Å². The minimum atomic E-state index is -4.96. The average Bonchev–Trinajstić information content (AvgIpc) is 1.14. The van der Waals surface area contributed by atoms with Gasteiger partial charge in [0.15, 0.2) is 12.2 Å². The second-order valence-corrected chi connectivity index (χ2v) is 30.3. The van der Waals surface area contributed by atoms with Gasteiger partial charge in [-0.15, -0.1) is 0 Å². The van der Waals surface area contributed by atoms with Gasteiger partial charge >= 0.3 is 39.5 Å². The third-order valence-electron chi connectivity index (χ3n) is 17.8. The van der Waals surface area contributed by atoms with Crippen molar-refractivity contribution in [2.45, 2.75) is 418 Å². The average molecular weight is 1410 g/mol. The molecule has 0 rings (SSSR count). The molecule has 3 N–H and O–H groups in total. The lowest BCUT2D eigenvalue weighted by Gasteiger charge is -2.21. The predicted octanol–water partition coefficient (Wildman–Crippen LogP) is 22.8. The van der Waals surface area contributed by atoms with Crippen LogP contribution in [-0.4, -0.2) is 96.7 Å². The Labute approximate surface area is 587 Å². The van der Waals surface area contributed by atoms with E-state index in [9.17, 15) is 43.2 Å². The van der Waals surface area contributed by atoms with Crippen LogP contribution in [0.4, 0.5) is 0 Å². The lowest BCUT2D eigenvalue weighted by molar-refractivity contribution is -0.161. The first kappa shape index (κ1) is 93.8. The van der Waals surface area contributed by atoms with Crippen molar-refractivity contribution in [2.75, 3.05) is 39.6 Å². The molecule has 0 aliphatic carbocycles. The number of aliphatic hydroxyl groups excluding tert-OH is 1. The van der Waals surface area contributed by atoms with E-state index in [-0.39, 0.29) is 25.7 Å². The number of esters is 4. The molecule has 0 bridgehead atoms. The Kier molecular flexibility index (Phi) is 69.6. The Morgan fingerprint density at radius 3 is 0.719 bits per heavy atom. The quantitative estimate of drug-likeness (QED) is 0.0169. The number of hydrogen-bond acceptors (Lipinski definition) is 15. The summed E-state index contributed by atoms with van der Waals surface area (Å²) in [7, 11) is -9.92. The van der Waals surface area contributed by atoms with Crippen molar-refractivity contribution in [3.63, 3.8) is 0 Å². The van der Waals surface area contributed by atoms with Gasteiger partial charge in [0.25, 0.3) is 0 Å². The number of carbonyl (C=O) groups is 4. The SMILES string of the molecule is CCCCCCCC/C=C\CCCCCCCC(=O)OC[C@H](COP(=O)(O)OC[C@@H](O)COP(=O)(O)OC[C@@H](COC(=O)CCCCCCCCCCCCCCCCC)OC(=O)CCCCCCCCCCCCCCC)OC(=O)CCCCCCCCCCCCCCC. The van der Waals surface area contributed by atoms with Crippen LogP contribution in [0.15, 0.2) is 12.2 Å². The second-order valence-electron chi connectivity index (χ2n) is 27.4. The standard InChI is InChI=1S/C77H148O17P2/c1-5-9-13-17-21-25-29-33-35-39-41-45-49-53-57-61-74(79)87-67-72(93-76(81)63-59-55-51-47-43-37-31-27-23-19-15-11-7-3)69-91-95(83,84)89-65-71(78)66-90-96(85,86)92-70-73(94-77(82)64-60-56-52-48-44-38-32-28-24-20-16-12-8-4)68-88-75(80)62-58-54-50-46-42-40-36-34-30-26-22-18-14-10-6-2/h33,35,71-73,78H,5-32,34,36-70H2,1-4H3,(H,83,84)(H,85,86)/b35-33-/t71-,72-,73-/m1/s1. The van der Waals surface area contributed by atoms with Gasteiger partial charge in [0.1, 0.15) is 19.3 Å². The van der Waals surface area contributed by atoms with Crippen LogP contribution < -0.4 is 0 Å². The highest BCUT2D eigenvalue weighted by Gasteiger charge is 2.30. The maximum Gasteiger partial charge on any atom is 0.472 e. The Bertz CT molecular complexity index is 1870. The molecule has 0 spiro atoms. The first-order valence-electron chi connectivity index (χ1n) is 39.9. The van der Waals surface area contributed by atoms with Gasteiger partial charge in [0.2, 0.25) is 0 Å². The Balaban J connectivity index is 5.27. The number of aliphatic hydroxyl groups is 1. The zero-order chi connectivity index (χ0) is 70.4. The molecule has 0 saturated carbocycles. The van der Waals surface area contributed by atoms with E-state index in [2.05, 4.69) is 39.8 Å². The summed E-state index contributed by atoms with van der Waals surface area (Å²) in [5.74, 6) is -2.12. The monoisotopic (exact) mass is 1410 g/mol. The van der Waals surface area contributed by atoms with Crippen molar-refractivity contribution in [3.05, 3.63) is 12.2 Å². The van der Waals surface area contributed by atoms with Crippen LogP contribution in [0.5, 0.6) is 0 Å². The van der Waals surface area contributed by atoms with E-state index in [1.165, 1.54) is 212 Å². The molecule has 0 radical (unpaired) electrons. The Morgan fingerprint density at radius 1 is 0.281 bits per heavy atom. The van der Waals surface area contributed by atoms with Crippen LogP contribution in [0, 0.1) is 0 Å². The fourth-order valence-corrected chi connectivity index (χ4v) is 13.2. The molecule has 0 aromatic carbocycles. The number of allylic oxidation sites excluding steroid dienone is 2. The molecule has 5 atom stereocenters. The summed E-state index contributed by atoms with van der Waals surface area (Å²) >= 11 is 0. The normalized spacial score (nSPS) is 13.9. The highest BCUT2D eigenvalue weighted by atomic mass is 31.2. The van der Waals surface area contributed by atoms with Crippen molar-refractivity contribution in [2.24, 2.45) is 0 Å². The summed E-state index contributed by atoms with van der Waals surface area (Å²) in [5.41, 5.74) is 0. The zero-order valence-corrected chi connectivity index (χ0v) is 63.9. The van der Waals surface area contributed by atoms with Crippen molar-refractivity contribution in [1.29, 1.82) is 0 Å². The molecule has 96 heavy (non-hydrogen) atoms. The molecule has 0 saturated heterocycles. The molecule has 0 aromatic rings. The molecule has 19 heteroatoms. The summed E-state index contributed by atoms with van der Waals surface area (Å²) in [6, 6.07) is 0. The van der Waals surface area contributed by atoms with E-state index in [0.717, 1.165) is 109 Å². The molecule has 568 valence electrons. The molecule has 0 aliphatic heterocycles. The van der Waals surface area contributed by atoms with Gasteiger partial charge in [-0.1, -0.05) is 335 Å². The lowest BCUT2D eigenvalue weighted by Crippen LogP contribution is -2.30. The largest absolute Gasteiger partial charge is 0.472 e. The van der Waals surface area contributed by atoms with Gasteiger partial charge in [-0.25, -0.2) is 9.13 Å². The van der Waals surface area contributed by atoms with Crippen LogP contribution >= 0.6 is 15.6 Å². The van der Waals surface area contributed by atoms with Gasteiger partial charge in [0.05, 0.1) is 26.4 Å². The number of unbranched alkanes of at least 4 members (excludes halogenated alkanes) is 49. The van der Waals surface area contributed by atoms with Crippen LogP contribution in [0.1, 0.15) is 400 Å². The highest BCUT2D eigenvalue weighted by molar-refractivity contribution is 7.47. The minimum absolute atomic E-state index is 0.105. The van der Waals surface area contributed by atoms with E-state index >= 15 is 0 Å². The molecule has 0 amide bonds. The van der Waals surface area contributed by atoms with E-state index in [1.54, 1.807) is 0 Å². The summed E-state index contributed by atoms with van der Waals surface area (Å²) in [4.78, 5) is 72.9.